The number of carbonyl (C=O) groups is 3. The molecule has 0 atom stereocenters. The summed E-state index contributed by atoms with van der Waals surface area (Å²) in [6, 6.07) is 7.17. The molecular weight excluding hydrogens is 456 g/mol. The van der Waals surface area contributed by atoms with E-state index >= 15 is 0 Å². The lowest BCUT2D eigenvalue weighted by Gasteiger charge is -2.35. The minimum atomic E-state index is -0.621. The molecule has 2 fully saturated rings. The van der Waals surface area contributed by atoms with E-state index in [-0.39, 0.29) is 17.9 Å². The van der Waals surface area contributed by atoms with Gasteiger partial charge in [-0.15, -0.1) is 0 Å². The minimum Gasteiger partial charge on any atom is -0.444 e. The fourth-order valence-corrected chi connectivity index (χ4v) is 4.38. The lowest BCUT2D eigenvalue weighted by Crippen LogP contribution is -2.51. The largest absolute Gasteiger partial charge is 0.444 e. The second-order valence-electron chi connectivity index (χ2n) is 9.86. The first-order chi connectivity index (χ1) is 16.0. The number of nitrogens with zero attached hydrogens (tertiary/aromatic N) is 3. The second kappa shape index (κ2) is 8.91. The van der Waals surface area contributed by atoms with Crippen molar-refractivity contribution in [2.24, 2.45) is 5.73 Å². The molecule has 1 aliphatic heterocycles. The summed E-state index contributed by atoms with van der Waals surface area (Å²) >= 11 is 6.51. The van der Waals surface area contributed by atoms with Gasteiger partial charge in [-0.05, 0) is 62.9 Å². The molecule has 0 bridgehead atoms. The van der Waals surface area contributed by atoms with E-state index in [2.05, 4.69) is 4.98 Å². The number of aromatic nitrogens is 1. The van der Waals surface area contributed by atoms with Crippen molar-refractivity contribution >= 4 is 29.5 Å². The van der Waals surface area contributed by atoms with Crippen LogP contribution < -0.4 is 5.73 Å². The van der Waals surface area contributed by atoms with Crippen molar-refractivity contribution in [2.45, 2.75) is 44.6 Å². The van der Waals surface area contributed by atoms with Gasteiger partial charge in [0, 0.05) is 44.1 Å². The summed E-state index contributed by atoms with van der Waals surface area (Å²) in [5.41, 5.74) is 7.21. The van der Waals surface area contributed by atoms with E-state index < -0.39 is 11.0 Å². The van der Waals surface area contributed by atoms with E-state index in [9.17, 15) is 14.4 Å². The Balaban J connectivity index is 1.45. The van der Waals surface area contributed by atoms with Gasteiger partial charge in [0.25, 0.3) is 5.91 Å². The first-order valence-electron chi connectivity index (χ1n) is 11.3. The Labute approximate surface area is 204 Å². The number of piperazine rings is 1. The summed E-state index contributed by atoms with van der Waals surface area (Å²) in [5, 5.41) is 0.332. The standard InChI is InChI=1S/C25H29ClN4O4/c1-24(2,3)34-23(33)30-10-8-29(9-11-30)21(31)19-5-4-16(13-20(19)26)17-12-18(15-28-14-17)25(6-7-25)22(27)32/h4-5,12-15H,6-11H2,1-3H3,(H2,27,32). The maximum atomic E-state index is 13.1. The quantitative estimate of drug-likeness (QED) is 0.713. The highest BCUT2D eigenvalue weighted by Crippen LogP contribution is 2.48. The molecule has 1 saturated heterocycles. The van der Waals surface area contributed by atoms with Crippen LogP contribution in [-0.4, -0.2) is 64.5 Å². The molecule has 0 radical (unpaired) electrons. The van der Waals surface area contributed by atoms with Gasteiger partial charge >= 0.3 is 6.09 Å². The molecule has 1 aromatic heterocycles. The van der Waals surface area contributed by atoms with E-state index in [0.717, 1.165) is 29.5 Å². The molecule has 9 heteroatoms. The van der Waals surface area contributed by atoms with Gasteiger partial charge in [0.1, 0.15) is 5.60 Å². The van der Waals surface area contributed by atoms with E-state index in [1.807, 2.05) is 32.9 Å². The topological polar surface area (TPSA) is 106 Å². The van der Waals surface area contributed by atoms with Crippen molar-refractivity contribution < 1.29 is 19.1 Å². The molecule has 2 heterocycles. The zero-order valence-electron chi connectivity index (χ0n) is 19.6. The Morgan fingerprint density at radius 2 is 1.65 bits per heavy atom. The number of pyridine rings is 1. The van der Waals surface area contributed by atoms with Crippen LogP contribution in [0, 0.1) is 0 Å². The van der Waals surface area contributed by atoms with Gasteiger partial charge in [-0.25, -0.2) is 4.79 Å². The lowest BCUT2D eigenvalue weighted by atomic mass is 9.94. The number of ether oxygens (including phenoxy) is 1. The lowest BCUT2D eigenvalue weighted by molar-refractivity contribution is -0.120. The van der Waals surface area contributed by atoms with Crippen molar-refractivity contribution in [3.05, 3.63) is 52.8 Å². The summed E-state index contributed by atoms with van der Waals surface area (Å²) in [7, 11) is 0. The third-order valence-electron chi connectivity index (χ3n) is 6.26. The van der Waals surface area contributed by atoms with Crippen LogP contribution >= 0.6 is 11.6 Å². The number of hydrogen-bond acceptors (Lipinski definition) is 5. The molecule has 1 aromatic carbocycles. The first kappa shape index (κ1) is 24.0. The number of halogens is 1. The van der Waals surface area contributed by atoms with Gasteiger partial charge in [0.15, 0.2) is 0 Å². The van der Waals surface area contributed by atoms with Crippen molar-refractivity contribution in [3.8, 4) is 11.1 Å². The fourth-order valence-electron chi connectivity index (χ4n) is 4.12. The van der Waals surface area contributed by atoms with E-state index in [4.69, 9.17) is 22.1 Å². The first-order valence-corrected chi connectivity index (χ1v) is 11.7. The molecule has 8 nitrogen and oxygen atoms in total. The number of hydrogen-bond donors (Lipinski definition) is 1. The van der Waals surface area contributed by atoms with Crippen LogP contribution in [0.2, 0.25) is 5.02 Å². The highest BCUT2D eigenvalue weighted by molar-refractivity contribution is 6.34. The summed E-state index contributed by atoms with van der Waals surface area (Å²) in [4.78, 5) is 44.8. The Morgan fingerprint density at radius 1 is 1.00 bits per heavy atom. The Hall–Kier alpha value is -3.13. The highest BCUT2D eigenvalue weighted by Gasteiger charge is 2.50. The molecule has 34 heavy (non-hydrogen) atoms. The average Bonchev–Trinajstić information content (AvgIpc) is 3.60. The monoisotopic (exact) mass is 484 g/mol. The van der Waals surface area contributed by atoms with Gasteiger partial charge < -0.3 is 20.3 Å². The number of rotatable bonds is 4. The summed E-state index contributed by atoms with van der Waals surface area (Å²) in [6.07, 6.45) is 4.45. The Morgan fingerprint density at radius 3 is 2.21 bits per heavy atom. The highest BCUT2D eigenvalue weighted by atomic mass is 35.5. The normalized spacial score (nSPS) is 17.3. The smallest absolute Gasteiger partial charge is 0.410 e. The molecule has 1 saturated carbocycles. The molecule has 180 valence electrons. The predicted molar refractivity (Wildman–Crippen MR) is 128 cm³/mol. The minimum absolute atomic E-state index is 0.182. The molecule has 4 rings (SSSR count). The van der Waals surface area contributed by atoms with Gasteiger partial charge in [0.05, 0.1) is 16.0 Å². The summed E-state index contributed by atoms with van der Waals surface area (Å²) < 4.78 is 5.41. The van der Waals surface area contributed by atoms with Crippen molar-refractivity contribution in [3.63, 3.8) is 0 Å². The van der Waals surface area contributed by atoms with Crippen molar-refractivity contribution in [1.29, 1.82) is 0 Å². The maximum Gasteiger partial charge on any atom is 0.410 e. The molecule has 3 amide bonds. The fraction of sp³-hybridized carbons (Fsp3) is 0.440. The molecule has 1 aliphatic carbocycles. The van der Waals surface area contributed by atoms with Crippen LogP contribution in [-0.2, 0) is 14.9 Å². The Bertz CT molecular complexity index is 1130. The molecule has 2 aromatic rings. The third kappa shape index (κ3) is 4.87. The van der Waals surface area contributed by atoms with Gasteiger partial charge in [0.2, 0.25) is 5.91 Å². The van der Waals surface area contributed by atoms with Crippen LogP contribution in [0.5, 0.6) is 0 Å². The van der Waals surface area contributed by atoms with Crippen LogP contribution in [0.1, 0.15) is 49.5 Å². The Kier molecular flexibility index (Phi) is 6.29. The SMILES string of the molecule is CC(C)(C)OC(=O)N1CCN(C(=O)c2ccc(-c3cncc(C4(C(N)=O)CC4)c3)cc2Cl)CC1. The molecular formula is C25H29ClN4O4. The van der Waals surface area contributed by atoms with Crippen LogP contribution in [0.15, 0.2) is 36.7 Å². The number of benzene rings is 1. The number of nitrogens with two attached hydrogens (primary N) is 1. The summed E-state index contributed by atoms with van der Waals surface area (Å²) in [6.45, 7) is 7.07. The van der Waals surface area contributed by atoms with E-state index in [1.54, 1.807) is 34.3 Å². The van der Waals surface area contributed by atoms with Gasteiger partial charge in [-0.3, -0.25) is 14.6 Å². The van der Waals surface area contributed by atoms with Gasteiger partial charge in [-0.1, -0.05) is 17.7 Å². The van der Waals surface area contributed by atoms with Crippen LogP contribution in [0.25, 0.3) is 11.1 Å². The third-order valence-corrected chi connectivity index (χ3v) is 6.58. The predicted octanol–water partition coefficient (Wildman–Crippen LogP) is 3.61. The van der Waals surface area contributed by atoms with Gasteiger partial charge in [-0.2, -0.15) is 0 Å². The second-order valence-corrected chi connectivity index (χ2v) is 10.3. The van der Waals surface area contributed by atoms with Crippen molar-refractivity contribution in [1.82, 2.24) is 14.8 Å². The number of amides is 3. The van der Waals surface area contributed by atoms with Crippen LogP contribution in [0.4, 0.5) is 4.79 Å². The zero-order valence-corrected chi connectivity index (χ0v) is 20.4. The van der Waals surface area contributed by atoms with Crippen LogP contribution in [0.3, 0.4) is 0 Å². The zero-order chi connectivity index (χ0) is 24.7. The maximum absolute atomic E-state index is 13.1. The molecule has 2 N–H and O–H groups in total. The van der Waals surface area contributed by atoms with E-state index in [1.165, 1.54) is 0 Å². The van der Waals surface area contributed by atoms with Crippen molar-refractivity contribution in [2.75, 3.05) is 26.2 Å². The number of primary amides is 1. The molecule has 0 spiro atoms. The number of carbonyl (C=O) groups excluding carboxylic acids is 3. The average molecular weight is 485 g/mol. The molecule has 2 aliphatic rings. The summed E-state index contributed by atoms with van der Waals surface area (Å²) in [5.74, 6) is -0.518. The molecule has 0 unspecified atom stereocenters. The van der Waals surface area contributed by atoms with E-state index in [0.29, 0.717) is 36.8 Å².